The van der Waals surface area contributed by atoms with Gasteiger partial charge < -0.3 is 15.2 Å². The van der Waals surface area contributed by atoms with E-state index in [1.807, 2.05) is 30.1 Å². The van der Waals surface area contributed by atoms with Crippen LogP contribution in [0.25, 0.3) is 11.0 Å². The molecule has 1 amide bonds. The normalized spacial score (nSPS) is 15.3. The van der Waals surface area contributed by atoms with E-state index in [-0.39, 0.29) is 5.91 Å². The van der Waals surface area contributed by atoms with Gasteiger partial charge in [0.1, 0.15) is 0 Å². The molecule has 1 fully saturated rings. The van der Waals surface area contributed by atoms with Crippen LogP contribution in [0.3, 0.4) is 0 Å². The lowest BCUT2D eigenvalue weighted by Gasteiger charge is -2.14. The van der Waals surface area contributed by atoms with E-state index in [9.17, 15) is 4.79 Å². The molecule has 0 bridgehead atoms. The van der Waals surface area contributed by atoms with Crippen molar-refractivity contribution in [2.45, 2.75) is 12.8 Å². The monoisotopic (exact) mass is 244 g/mol. The molecule has 0 spiro atoms. The number of aromatic nitrogens is 2. The average molecular weight is 244 g/mol. The minimum absolute atomic E-state index is 0.120. The lowest BCUT2D eigenvalue weighted by Crippen LogP contribution is -2.27. The van der Waals surface area contributed by atoms with Gasteiger partial charge in [0.25, 0.3) is 5.91 Å². The van der Waals surface area contributed by atoms with Crippen molar-refractivity contribution in [3.63, 3.8) is 0 Å². The Hall–Kier alpha value is -2.04. The van der Waals surface area contributed by atoms with Crippen LogP contribution in [-0.2, 0) is 0 Å². The van der Waals surface area contributed by atoms with Gasteiger partial charge >= 0.3 is 0 Å². The number of imidazole rings is 1. The quantitative estimate of drug-likeness (QED) is 0.847. The van der Waals surface area contributed by atoms with E-state index in [2.05, 4.69) is 15.3 Å². The van der Waals surface area contributed by atoms with Gasteiger partial charge in [0.15, 0.2) is 0 Å². The van der Waals surface area contributed by atoms with Crippen molar-refractivity contribution < 1.29 is 4.79 Å². The van der Waals surface area contributed by atoms with Crippen LogP contribution in [0.2, 0.25) is 0 Å². The Bertz CT molecular complexity index is 584. The number of carbonyl (C=O) groups is 1. The maximum Gasteiger partial charge on any atom is 0.253 e. The van der Waals surface area contributed by atoms with E-state index in [1.165, 1.54) is 0 Å². The molecule has 1 saturated heterocycles. The first-order valence-corrected chi connectivity index (χ1v) is 6.25. The summed E-state index contributed by atoms with van der Waals surface area (Å²) >= 11 is 0. The highest BCUT2D eigenvalue weighted by Crippen LogP contribution is 2.18. The van der Waals surface area contributed by atoms with E-state index < -0.39 is 0 Å². The fourth-order valence-corrected chi connectivity index (χ4v) is 2.36. The van der Waals surface area contributed by atoms with E-state index in [1.54, 1.807) is 0 Å². The number of amides is 1. The Morgan fingerprint density at radius 3 is 2.89 bits per heavy atom. The van der Waals surface area contributed by atoms with E-state index in [0.29, 0.717) is 0 Å². The third-order valence-electron chi connectivity index (χ3n) is 3.36. The highest BCUT2D eigenvalue weighted by Gasteiger charge is 2.19. The molecule has 0 atom stereocenters. The number of rotatable bonds is 2. The van der Waals surface area contributed by atoms with Gasteiger partial charge in [-0.3, -0.25) is 4.79 Å². The smallest absolute Gasteiger partial charge is 0.253 e. The number of nitrogens with zero attached hydrogens (tertiary/aromatic N) is 2. The van der Waals surface area contributed by atoms with Crippen molar-refractivity contribution in [1.29, 1.82) is 0 Å². The zero-order valence-electron chi connectivity index (χ0n) is 10.4. The summed E-state index contributed by atoms with van der Waals surface area (Å²) in [5, 5.41) is 2.96. The number of carbonyl (C=O) groups excluding carboxylic acids is 1. The third kappa shape index (κ3) is 1.81. The van der Waals surface area contributed by atoms with E-state index in [0.717, 1.165) is 48.5 Å². The van der Waals surface area contributed by atoms with Crippen LogP contribution in [0.15, 0.2) is 18.2 Å². The molecule has 0 unspecified atom stereocenters. The van der Waals surface area contributed by atoms with Crippen molar-refractivity contribution >= 4 is 22.9 Å². The molecule has 2 heterocycles. The number of likely N-dealkylation sites (tertiary alicyclic amines) is 1. The number of benzene rings is 1. The van der Waals surface area contributed by atoms with Crippen LogP contribution in [0.1, 0.15) is 23.2 Å². The SMILES string of the molecule is CNc1nc2ccc(C(=O)N3CCCC3)cc2[nH]1. The first kappa shape index (κ1) is 11.1. The first-order chi connectivity index (χ1) is 8.78. The van der Waals surface area contributed by atoms with Crippen LogP contribution in [0, 0.1) is 0 Å². The topological polar surface area (TPSA) is 61.0 Å². The average Bonchev–Trinajstić information content (AvgIpc) is 3.05. The van der Waals surface area contributed by atoms with Gasteiger partial charge in [0, 0.05) is 25.7 Å². The summed E-state index contributed by atoms with van der Waals surface area (Å²) in [5.74, 6) is 0.839. The number of hydrogen-bond donors (Lipinski definition) is 2. The minimum Gasteiger partial charge on any atom is -0.359 e. The van der Waals surface area contributed by atoms with Gasteiger partial charge in [0.05, 0.1) is 11.0 Å². The van der Waals surface area contributed by atoms with Crippen molar-refractivity contribution in [1.82, 2.24) is 14.9 Å². The molecule has 1 aliphatic rings. The zero-order chi connectivity index (χ0) is 12.5. The molecule has 0 saturated carbocycles. The molecule has 5 nitrogen and oxygen atoms in total. The highest BCUT2D eigenvalue weighted by atomic mass is 16.2. The van der Waals surface area contributed by atoms with Crippen LogP contribution < -0.4 is 5.32 Å². The molecule has 0 radical (unpaired) electrons. The Morgan fingerprint density at radius 1 is 1.39 bits per heavy atom. The second kappa shape index (κ2) is 4.33. The lowest BCUT2D eigenvalue weighted by atomic mass is 10.2. The first-order valence-electron chi connectivity index (χ1n) is 6.25. The van der Waals surface area contributed by atoms with Crippen LogP contribution in [-0.4, -0.2) is 40.9 Å². The Kier molecular flexibility index (Phi) is 2.66. The summed E-state index contributed by atoms with van der Waals surface area (Å²) in [6.45, 7) is 1.75. The van der Waals surface area contributed by atoms with Crippen LogP contribution in [0.4, 0.5) is 5.95 Å². The molecule has 1 aromatic heterocycles. The minimum atomic E-state index is 0.120. The molecule has 2 aromatic rings. The summed E-state index contributed by atoms with van der Waals surface area (Å²) in [7, 11) is 1.81. The molecule has 18 heavy (non-hydrogen) atoms. The maximum absolute atomic E-state index is 12.2. The second-order valence-electron chi connectivity index (χ2n) is 4.57. The Morgan fingerprint density at radius 2 is 2.17 bits per heavy atom. The Labute approximate surface area is 105 Å². The van der Waals surface area contributed by atoms with Gasteiger partial charge in [-0.2, -0.15) is 0 Å². The van der Waals surface area contributed by atoms with Gasteiger partial charge in [-0.1, -0.05) is 0 Å². The molecule has 1 aromatic carbocycles. The van der Waals surface area contributed by atoms with Crippen LogP contribution in [0.5, 0.6) is 0 Å². The molecular weight excluding hydrogens is 228 g/mol. The number of hydrogen-bond acceptors (Lipinski definition) is 3. The summed E-state index contributed by atoms with van der Waals surface area (Å²) in [4.78, 5) is 21.6. The lowest BCUT2D eigenvalue weighted by molar-refractivity contribution is 0.0793. The number of aromatic amines is 1. The Balaban J connectivity index is 1.94. The number of nitrogens with one attached hydrogen (secondary N) is 2. The molecular formula is C13H16N4O. The number of H-pyrrole nitrogens is 1. The van der Waals surface area contributed by atoms with E-state index in [4.69, 9.17) is 0 Å². The van der Waals surface area contributed by atoms with Crippen molar-refractivity contribution in [3.05, 3.63) is 23.8 Å². The second-order valence-corrected chi connectivity index (χ2v) is 4.57. The summed E-state index contributed by atoms with van der Waals surface area (Å²) in [6, 6.07) is 5.61. The fraction of sp³-hybridized carbons (Fsp3) is 0.385. The third-order valence-corrected chi connectivity index (χ3v) is 3.36. The zero-order valence-corrected chi connectivity index (χ0v) is 10.4. The van der Waals surface area contributed by atoms with Crippen molar-refractivity contribution in [2.24, 2.45) is 0 Å². The van der Waals surface area contributed by atoms with Crippen molar-refractivity contribution in [2.75, 3.05) is 25.5 Å². The predicted octanol–water partition coefficient (Wildman–Crippen LogP) is 1.84. The standard InChI is InChI=1S/C13H16N4O/c1-14-13-15-10-5-4-9(8-11(10)16-13)12(18)17-6-2-3-7-17/h4-5,8H,2-3,6-7H2,1H3,(H2,14,15,16). The molecule has 5 heteroatoms. The van der Waals surface area contributed by atoms with Gasteiger partial charge in [-0.25, -0.2) is 4.98 Å². The highest BCUT2D eigenvalue weighted by molar-refractivity contribution is 5.97. The molecule has 3 rings (SSSR count). The summed E-state index contributed by atoms with van der Waals surface area (Å²) < 4.78 is 0. The molecule has 94 valence electrons. The molecule has 0 aliphatic carbocycles. The van der Waals surface area contributed by atoms with Gasteiger partial charge in [-0.05, 0) is 31.0 Å². The fourth-order valence-electron chi connectivity index (χ4n) is 2.36. The van der Waals surface area contributed by atoms with Crippen LogP contribution >= 0.6 is 0 Å². The van der Waals surface area contributed by atoms with Gasteiger partial charge in [-0.15, -0.1) is 0 Å². The summed E-state index contributed by atoms with van der Waals surface area (Å²) in [5.41, 5.74) is 2.50. The number of fused-ring (bicyclic) bond motifs is 1. The van der Waals surface area contributed by atoms with E-state index >= 15 is 0 Å². The molecule has 1 aliphatic heterocycles. The summed E-state index contributed by atoms with van der Waals surface area (Å²) in [6.07, 6.45) is 2.23. The van der Waals surface area contributed by atoms with Crippen molar-refractivity contribution in [3.8, 4) is 0 Å². The maximum atomic E-state index is 12.2. The van der Waals surface area contributed by atoms with Gasteiger partial charge in [0.2, 0.25) is 5.95 Å². The molecule has 2 N–H and O–H groups in total. The predicted molar refractivity (Wildman–Crippen MR) is 70.8 cm³/mol. The largest absolute Gasteiger partial charge is 0.359 e. The number of anilines is 1.